The van der Waals surface area contributed by atoms with Gasteiger partial charge in [0, 0.05) is 24.3 Å². The smallest absolute Gasteiger partial charge is 0.271 e. The predicted octanol–water partition coefficient (Wildman–Crippen LogP) is 2.22. The van der Waals surface area contributed by atoms with E-state index in [-0.39, 0.29) is 11.3 Å². The second kappa shape index (κ2) is 7.63. The maximum atomic E-state index is 11.7. The number of rotatable bonds is 6. The molecule has 1 amide bonds. The van der Waals surface area contributed by atoms with Gasteiger partial charge in [0.1, 0.15) is 5.69 Å². The van der Waals surface area contributed by atoms with Crippen LogP contribution in [0, 0.1) is 0 Å². The Morgan fingerprint density at radius 2 is 2.47 bits per heavy atom. The molecule has 0 fully saturated rings. The first-order valence-electron chi connectivity index (χ1n) is 5.17. The van der Waals surface area contributed by atoms with Crippen molar-refractivity contribution in [3.05, 3.63) is 28.5 Å². The Labute approximate surface area is 114 Å². The lowest BCUT2D eigenvalue weighted by atomic mass is 10.3. The highest BCUT2D eigenvalue weighted by Gasteiger charge is 2.11. The van der Waals surface area contributed by atoms with Crippen LogP contribution >= 0.6 is 27.5 Å². The van der Waals surface area contributed by atoms with Crippen LogP contribution < -0.4 is 5.32 Å². The van der Waals surface area contributed by atoms with Crippen molar-refractivity contribution in [1.29, 1.82) is 0 Å². The van der Waals surface area contributed by atoms with E-state index in [0.29, 0.717) is 29.7 Å². The van der Waals surface area contributed by atoms with Crippen LogP contribution in [0.25, 0.3) is 0 Å². The van der Waals surface area contributed by atoms with E-state index in [2.05, 4.69) is 26.2 Å². The van der Waals surface area contributed by atoms with Gasteiger partial charge in [0.15, 0.2) is 0 Å². The normalized spacial score (nSPS) is 12.2. The number of nitrogens with one attached hydrogen (secondary N) is 1. The van der Waals surface area contributed by atoms with E-state index < -0.39 is 0 Å². The molecular weight excluding hydrogens is 307 g/mol. The summed E-state index contributed by atoms with van der Waals surface area (Å²) < 4.78 is 5.58. The highest BCUT2D eigenvalue weighted by atomic mass is 79.9. The third-order valence-electron chi connectivity index (χ3n) is 2.06. The van der Waals surface area contributed by atoms with Crippen LogP contribution in [0.4, 0.5) is 0 Å². The molecule has 6 heteroatoms. The lowest BCUT2D eigenvalue weighted by molar-refractivity contribution is 0.0946. The van der Waals surface area contributed by atoms with E-state index >= 15 is 0 Å². The third kappa shape index (κ3) is 5.02. The Kier molecular flexibility index (Phi) is 6.47. The zero-order chi connectivity index (χ0) is 12.7. The van der Waals surface area contributed by atoms with Crippen molar-refractivity contribution in [2.75, 3.05) is 20.3 Å². The maximum Gasteiger partial charge on any atom is 0.271 e. The van der Waals surface area contributed by atoms with Gasteiger partial charge in [0.2, 0.25) is 0 Å². The first-order valence-corrected chi connectivity index (χ1v) is 6.39. The van der Waals surface area contributed by atoms with E-state index in [1.165, 1.54) is 0 Å². The molecular formula is C11H14BrClN2O2. The van der Waals surface area contributed by atoms with E-state index in [1.807, 2.05) is 0 Å². The molecule has 0 aliphatic rings. The van der Waals surface area contributed by atoms with Gasteiger partial charge < -0.3 is 10.1 Å². The molecule has 1 atom stereocenters. The summed E-state index contributed by atoms with van der Waals surface area (Å²) in [6.07, 6.45) is 2.24. The molecule has 1 N–H and O–H groups in total. The summed E-state index contributed by atoms with van der Waals surface area (Å²) in [5, 5.41) is 2.67. The molecule has 0 aliphatic carbocycles. The lowest BCUT2D eigenvalue weighted by Gasteiger charge is -2.09. The van der Waals surface area contributed by atoms with Gasteiger partial charge in [-0.15, -0.1) is 11.6 Å². The molecule has 4 nitrogen and oxygen atoms in total. The Balaban J connectivity index is 2.38. The topological polar surface area (TPSA) is 51.2 Å². The molecule has 0 radical (unpaired) electrons. The van der Waals surface area contributed by atoms with Crippen LogP contribution in [0.15, 0.2) is 22.8 Å². The van der Waals surface area contributed by atoms with Crippen molar-refractivity contribution < 1.29 is 9.53 Å². The average molecular weight is 322 g/mol. The third-order valence-corrected chi connectivity index (χ3v) is 3.05. The molecule has 0 saturated heterocycles. The zero-order valence-corrected chi connectivity index (χ0v) is 11.8. The summed E-state index contributed by atoms with van der Waals surface area (Å²) in [5.41, 5.74) is 0.380. The molecule has 94 valence electrons. The van der Waals surface area contributed by atoms with Gasteiger partial charge in [-0.1, -0.05) is 0 Å². The summed E-state index contributed by atoms with van der Waals surface area (Å²) in [6, 6.07) is 3.53. The van der Waals surface area contributed by atoms with Crippen molar-refractivity contribution in [3.8, 4) is 0 Å². The number of nitrogens with zero attached hydrogens (tertiary/aromatic N) is 1. The van der Waals surface area contributed by atoms with Gasteiger partial charge in [0.25, 0.3) is 5.91 Å². The van der Waals surface area contributed by atoms with Crippen molar-refractivity contribution >= 4 is 33.4 Å². The van der Waals surface area contributed by atoms with E-state index in [9.17, 15) is 4.79 Å². The van der Waals surface area contributed by atoms with Gasteiger partial charge in [-0.25, -0.2) is 4.98 Å². The van der Waals surface area contributed by atoms with Crippen molar-refractivity contribution in [2.45, 2.75) is 11.8 Å². The lowest BCUT2D eigenvalue weighted by Crippen LogP contribution is -2.28. The van der Waals surface area contributed by atoms with Crippen LogP contribution in [-0.2, 0) is 4.74 Å². The Morgan fingerprint density at radius 1 is 1.71 bits per heavy atom. The fraction of sp³-hybridized carbons (Fsp3) is 0.455. The van der Waals surface area contributed by atoms with Crippen LogP contribution in [0.5, 0.6) is 0 Å². The number of amides is 1. The molecule has 17 heavy (non-hydrogen) atoms. The number of carbonyl (C=O) groups is 1. The maximum absolute atomic E-state index is 11.7. The molecule has 1 heterocycles. The Morgan fingerprint density at radius 3 is 3.12 bits per heavy atom. The minimum atomic E-state index is -0.209. The minimum Gasteiger partial charge on any atom is -0.383 e. The average Bonchev–Trinajstić information content (AvgIpc) is 2.29. The summed E-state index contributed by atoms with van der Waals surface area (Å²) in [5.74, 6) is -0.209. The first-order chi connectivity index (χ1) is 8.15. The molecule has 1 unspecified atom stereocenters. The zero-order valence-electron chi connectivity index (χ0n) is 9.45. The minimum absolute atomic E-state index is 0.0903. The van der Waals surface area contributed by atoms with Gasteiger partial charge in [-0.05, 0) is 34.5 Å². The van der Waals surface area contributed by atoms with Gasteiger partial charge in [-0.2, -0.15) is 0 Å². The van der Waals surface area contributed by atoms with E-state index in [4.69, 9.17) is 16.3 Å². The van der Waals surface area contributed by atoms with Gasteiger partial charge in [-0.3, -0.25) is 4.79 Å². The van der Waals surface area contributed by atoms with Gasteiger partial charge in [0.05, 0.1) is 12.0 Å². The SMILES string of the molecule is COCC(Cl)CCNC(=O)c1ncccc1Br. The van der Waals surface area contributed by atoms with Crippen LogP contribution in [0.1, 0.15) is 16.9 Å². The van der Waals surface area contributed by atoms with Crippen LogP contribution in [0.3, 0.4) is 0 Å². The molecule has 0 aliphatic heterocycles. The summed E-state index contributed by atoms with van der Waals surface area (Å²) >= 11 is 9.21. The predicted molar refractivity (Wildman–Crippen MR) is 70.4 cm³/mol. The van der Waals surface area contributed by atoms with E-state index in [0.717, 1.165) is 0 Å². The van der Waals surface area contributed by atoms with Crippen molar-refractivity contribution in [2.24, 2.45) is 0 Å². The fourth-order valence-electron chi connectivity index (χ4n) is 1.24. The second-order valence-corrected chi connectivity index (χ2v) is 4.90. The second-order valence-electron chi connectivity index (χ2n) is 3.43. The number of halogens is 2. The number of ether oxygens (including phenoxy) is 1. The fourth-order valence-corrected chi connectivity index (χ4v) is 1.91. The summed E-state index contributed by atoms with van der Waals surface area (Å²) in [7, 11) is 1.60. The Hall–Kier alpha value is -0.650. The molecule has 1 aromatic heterocycles. The monoisotopic (exact) mass is 320 g/mol. The van der Waals surface area contributed by atoms with Crippen LogP contribution in [-0.4, -0.2) is 36.5 Å². The standard InChI is InChI=1S/C11H14BrClN2O2/c1-17-7-8(13)4-6-15-11(16)10-9(12)3-2-5-14-10/h2-3,5,8H,4,6-7H2,1H3,(H,15,16). The molecule has 1 rings (SSSR count). The summed E-state index contributed by atoms with van der Waals surface area (Å²) in [6.45, 7) is 0.976. The van der Waals surface area contributed by atoms with Crippen LogP contribution in [0.2, 0.25) is 0 Å². The molecule has 0 spiro atoms. The van der Waals surface area contributed by atoms with E-state index in [1.54, 1.807) is 25.4 Å². The van der Waals surface area contributed by atoms with Crippen molar-refractivity contribution in [3.63, 3.8) is 0 Å². The number of hydrogen-bond donors (Lipinski definition) is 1. The molecule has 0 saturated carbocycles. The molecule has 0 aromatic carbocycles. The number of alkyl halides is 1. The Bertz CT molecular complexity index is 376. The summed E-state index contributed by atoms with van der Waals surface area (Å²) in [4.78, 5) is 15.7. The number of carbonyl (C=O) groups excluding carboxylic acids is 1. The quantitative estimate of drug-likeness (QED) is 0.817. The number of aromatic nitrogens is 1. The van der Waals surface area contributed by atoms with Crippen molar-refractivity contribution in [1.82, 2.24) is 10.3 Å². The first kappa shape index (κ1) is 14.4. The number of hydrogen-bond acceptors (Lipinski definition) is 3. The highest BCUT2D eigenvalue weighted by molar-refractivity contribution is 9.10. The van der Waals surface area contributed by atoms with Gasteiger partial charge >= 0.3 is 0 Å². The largest absolute Gasteiger partial charge is 0.383 e. The molecule has 0 bridgehead atoms. The highest BCUT2D eigenvalue weighted by Crippen LogP contribution is 2.12. The number of methoxy groups -OCH3 is 1. The molecule has 1 aromatic rings. The number of pyridine rings is 1.